The van der Waals surface area contributed by atoms with Crippen molar-refractivity contribution in [1.82, 2.24) is 0 Å². The van der Waals surface area contributed by atoms with Gasteiger partial charge in [-0.3, -0.25) is 4.28 Å². The predicted octanol–water partition coefficient (Wildman–Crippen LogP) is 1.91. The van der Waals surface area contributed by atoms with Crippen molar-refractivity contribution in [3.63, 3.8) is 0 Å². The second-order valence-corrected chi connectivity index (χ2v) is 6.49. The molecule has 1 heterocycles. The van der Waals surface area contributed by atoms with Gasteiger partial charge in [0.2, 0.25) is 5.71 Å². The molecule has 1 aromatic carbocycles. The molecule has 0 bridgehead atoms. The van der Waals surface area contributed by atoms with E-state index in [1.165, 1.54) is 0 Å². The normalized spacial score (nSPS) is 17.1. The topological polar surface area (TPSA) is 91.9 Å². The standard InChI is InChI=1S/C13H13N3O3S/c1-13(2)9-6-4-5-7-10(9)15-12(13)11(8-14)16-19-20(3,17)18/h4-7H,1-3H3. The molecule has 0 atom stereocenters. The lowest BCUT2D eigenvalue weighted by molar-refractivity contribution is 0.344. The highest BCUT2D eigenvalue weighted by molar-refractivity contribution is 7.85. The first kappa shape index (κ1) is 14.2. The second kappa shape index (κ2) is 4.72. The third-order valence-corrected chi connectivity index (χ3v) is 3.34. The zero-order chi connectivity index (χ0) is 15.0. The smallest absolute Gasteiger partial charge is 0.267 e. The molecule has 0 fully saturated rings. The van der Waals surface area contributed by atoms with Gasteiger partial charge < -0.3 is 0 Å². The van der Waals surface area contributed by atoms with Crippen molar-refractivity contribution in [3.05, 3.63) is 29.8 Å². The summed E-state index contributed by atoms with van der Waals surface area (Å²) in [5.41, 5.74) is 1.42. The van der Waals surface area contributed by atoms with E-state index in [0.717, 1.165) is 17.5 Å². The maximum Gasteiger partial charge on any atom is 0.325 e. The van der Waals surface area contributed by atoms with Crippen molar-refractivity contribution in [3.8, 4) is 6.07 Å². The van der Waals surface area contributed by atoms with Gasteiger partial charge in [0.1, 0.15) is 6.07 Å². The summed E-state index contributed by atoms with van der Waals surface area (Å²) < 4.78 is 26.3. The van der Waals surface area contributed by atoms with Crippen LogP contribution in [0.25, 0.3) is 0 Å². The van der Waals surface area contributed by atoms with E-state index in [1.54, 1.807) is 0 Å². The number of nitrogens with zero attached hydrogens (tertiary/aromatic N) is 3. The van der Waals surface area contributed by atoms with Crippen molar-refractivity contribution in [2.45, 2.75) is 19.3 Å². The Bertz CT molecular complexity index is 755. The Morgan fingerprint density at radius 1 is 1.40 bits per heavy atom. The van der Waals surface area contributed by atoms with Gasteiger partial charge in [0.25, 0.3) is 0 Å². The van der Waals surface area contributed by atoms with Crippen LogP contribution in [0, 0.1) is 11.3 Å². The molecule has 0 saturated heterocycles. The van der Waals surface area contributed by atoms with Gasteiger partial charge in [-0.1, -0.05) is 23.4 Å². The van der Waals surface area contributed by atoms with Crippen LogP contribution in [0.15, 0.2) is 34.4 Å². The van der Waals surface area contributed by atoms with Gasteiger partial charge >= 0.3 is 10.1 Å². The number of hydrogen-bond acceptors (Lipinski definition) is 6. The van der Waals surface area contributed by atoms with E-state index in [-0.39, 0.29) is 5.71 Å². The first-order chi connectivity index (χ1) is 9.25. The minimum absolute atomic E-state index is 0.142. The summed E-state index contributed by atoms with van der Waals surface area (Å²) in [4.78, 5) is 4.36. The second-order valence-electron chi connectivity index (χ2n) is 4.93. The van der Waals surface area contributed by atoms with Crippen LogP contribution in [0.4, 0.5) is 5.69 Å². The summed E-state index contributed by atoms with van der Waals surface area (Å²) in [6.07, 6.45) is 0.863. The number of para-hydroxylation sites is 1. The molecule has 0 aliphatic carbocycles. The van der Waals surface area contributed by atoms with E-state index in [1.807, 2.05) is 44.2 Å². The van der Waals surface area contributed by atoms with Crippen LogP contribution in [0.5, 0.6) is 0 Å². The maximum absolute atomic E-state index is 11.0. The van der Waals surface area contributed by atoms with Crippen LogP contribution in [0.1, 0.15) is 19.4 Å². The van der Waals surface area contributed by atoms with E-state index in [0.29, 0.717) is 5.71 Å². The van der Waals surface area contributed by atoms with Crippen LogP contribution in [-0.4, -0.2) is 26.1 Å². The van der Waals surface area contributed by atoms with Crippen molar-refractivity contribution in [1.29, 1.82) is 5.26 Å². The number of hydrogen-bond donors (Lipinski definition) is 0. The van der Waals surface area contributed by atoms with Gasteiger partial charge in [-0.15, -0.1) is 0 Å². The molecule has 0 amide bonds. The quantitative estimate of drug-likeness (QED) is 0.628. The number of benzene rings is 1. The van der Waals surface area contributed by atoms with Crippen molar-refractivity contribution < 1.29 is 12.7 Å². The molecule has 0 radical (unpaired) electrons. The highest BCUT2D eigenvalue weighted by Gasteiger charge is 2.38. The van der Waals surface area contributed by atoms with E-state index >= 15 is 0 Å². The van der Waals surface area contributed by atoms with Gasteiger partial charge in [-0.05, 0) is 25.5 Å². The number of nitriles is 1. The lowest BCUT2D eigenvalue weighted by atomic mass is 9.80. The molecule has 1 aliphatic rings. The zero-order valence-corrected chi connectivity index (χ0v) is 12.1. The van der Waals surface area contributed by atoms with E-state index in [2.05, 4.69) is 14.4 Å². The Kier molecular flexibility index (Phi) is 3.36. The SMILES string of the molecule is CC1(C)C(C(C#N)=NOS(C)(=O)=O)=Nc2ccccc21. The van der Waals surface area contributed by atoms with Gasteiger partial charge in [0, 0.05) is 5.41 Å². The average Bonchev–Trinajstić information content (AvgIpc) is 2.62. The minimum atomic E-state index is -3.76. The lowest BCUT2D eigenvalue weighted by Gasteiger charge is -2.20. The van der Waals surface area contributed by atoms with E-state index in [9.17, 15) is 8.42 Å². The fourth-order valence-corrected chi connectivity index (χ4v) is 2.27. The Hall–Kier alpha value is -2.20. The van der Waals surface area contributed by atoms with Crippen LogP contribution in [0.2, 0.25) is 0 Å². The first-order valence-electron chi connectivity index (χ1n) is 5.81. The van der Waals surface area contributed by atoms with E-state index < -0.39 is 15.5 Å². The van der Waals surface area contributed by atoms with Crippen molar-refractivity contribution in [2.24, 2.45) is 10.1 Å². The zero-order valence-electron chi connectivity index (χ0n) is 11.3. The molecule has 2 rings (SSSR count). The average molecular weight is 291 g/mol. The first-order valence-corrected chi connectivity index (χ1v) is 7.63. The lowest BCUT2D eigenvalue weighted by Crippen LogP contribution is -2.32. The molecule has 0 aromatic heterocycles. The molecule has 6 nitrogen and oxygen atoms in total. The fraction of sp³-hybridized carbons (Fsp3) is 0.308. The molecule has 0 spiro atoms. The van der Waals surface area contributed by atoms with Gasteiger partial charge in [-0.2, -0.15) is 13.7 Å². The highest BCUT2D eigenvalue weighted by atomic mass is 32.2. The van der Waals surface area contributed by atoms with Crippen LogP contribution in [-0.2, 0) is 19.8 Å². The van der Waals surface area contributed by atoms with Gasteiger partial charge in [-0.25, -0.2) is 4.99 Å². The number of aliphatic imine (C=N–C) groups is 1. The molecule has 7 heteroatoms. The monoisotopic (exact) mass is 291 g/mol. The Morgan fingerprint density at radius 2 is 2.05 bits per heavy atom. The van der Waals surface area contributed by atoms with Gasteiger partial charge in [0.05, 0.1) is 17.7 Å². The molecular formula is C13H13N3O3S. The van der Waals surface area contributed by atoms with Crippen LogP contribution in [0.3, 0.4) is 0 Å². The molecule has 0 unspecified atom stereocenters. The summed E-state index contributed by atoms with van der Waals surface area (Å²) in [7, 11) is -3.76. The van der Waals surface area contributed by atoms with Crippen LogP contribution < -0.4 is 0 Å². The number of rotatable bonds is 3. The summed E-state index contributed by atoms with van der Waals surface area (Å²) in [5, 5.41) is 12.6. The summed E-state index contributed by atoms with van der Waals surface area (Å²) in [6, 6.07) is 9.31. The van der Waals surface area contributed by atoms with Crippen molar-refractivity contribution in [2.75, 3.05) is 6.26 Å². The molecular weight excluding hydrogens is 278 g/mol. The van der Waals surface area contributed by atoms with Crippen molar-refractivity contribution >= 4 is 27.2 Å². The molecule has 20 heavy (non-hydrogen) atoms. The molecule has 0 N–H and O–H groups in total. The van der Waals surface area contributed by atoms with Crippen LogP contribution >= 0.6 is 0 Å². The third-order valence-electron chi connectivity index (χ3n) is 3.00. The Labute approximate surface area is 117 Å². The summed E-state index contributed by atoms with van der Waals surface area (Å²) >= 11 is 0. The third kappa shape index (κ3) is 2.56. The predicted molar refractivity (Wildman–Crippen MR) is 75.5 cm³/mol. The fourth-order valence-electron chi connectivity index (χ4n) is 2.06. The largest absolute Gasteiger partial charge is 0.325 e. The Balaban J connectivity index is 2.47. The van der Waals surface area contributed by atoms with Gasteiger partial charge in [0.15, 0.2) is 0 Å². The maximum atomic E-state index is 11.0. The van der Waals surface area contributed by atoms with E-state index in [4.69, 9.17) is 5.26 Å². The molecule has 104 valence electrons. The number of fused-ring (bicyclic) bond motifs is 1. The minimum Gasteiger partial charge on any atom is -0.267 e. The highest BCUT2D eigenvalue weighted by Crippen LogP contribution is 2.39. The summed E-state index contributed by atoms with van der Waals surface area (Å²) in [6.45, 7) is 3.79. The number of oxime groups is 1. The summed E-state index contributed by atoms with van der Waals surface area (Å²) in [5.74, 6) is 0. The molecule has 1 aromatic rings. The molecule has 1 aliphatic heterocycles. The Morgan fingerprint density at radius 3 is 2.60 bits per heavy atom. The molecule has 0 saturated carbocycles.